The molecular weight excluding hydrogens is 262 g/mol. The molecule has 112 valence electrons. The van der Waals surface area contributed by atoms with Crippen LogP contribution in [0.1, 0.15) is 31.4 Å². The topological polar surface area (TPSA) is 49.5 Å². The molecule has 1 aromatic carbocycles. The molecule has 0 spiro atoms. The van der Waals surface area contributed by atoms with Crippen LogP contribution < -0.4 is 5.73 Å². The second-order valence-electron chi connectivity index (χ2n) is 5.67. The number of aliphatic hydroxyl groups is 1. The van der Waals surface area contributed by atoms with E-state index in [0.29, 0.717) is 30.6 Å². The highest BCUT2D eigenvalue weighted by molar-refractivity contribution is 5.20. The minimum atomic E-state index is -0.923. The summed E-state index contributed by atoms with van der Waals surface area (Å²) in [5, 5.41) is 10.2. The maximum absolute atomic E-state index is 13.2. The lowest BCUT2D eigenvalue weighted by molar-refractivity contribution is 0.0548. The number of halogens is 2. The highest BCUT2D eigenvalue weighted by atomic mass is 19.2. The SMILES string of the molecule is CC1CCC(CN)CN1CC(O)c1ccc(F)c(F)c1. The number of aliphatic hydroxyl groups excluding tert-OH is 1. The van der Waals surface area contributed by atoms with Gasteiger partial charge in [0.2, 0.25) is 0 Å². The van der Waals surface area contributed by atoms with Crippen LogP contribution in [0.2, 0.25) is 0 Å². The molecule has 1 fully saturated rings. The largest absolute Gasteiger partial charge is 0.387 e. The van der Waals surface area contributed by atoms with Gasteiger partial charge in [0.25, 0.3) is 0 Å². The molecule has 0 bridgehead atoms. The third-order valence-corrected chi connectivity index (χ3v) is 4.18. The van der Waals surface area contributed by atoms with Crippen molar-refractivity contribution in [3.05, 3.63) is 35.4 Å². The number of nitrogens with two attached hydrogens (primary N) is 1. The van der Waals surface area contributed by atoms with Gasteiger partial charge in [-0.25, -0.2) is 8.78 Å². The van der Waals surface area contributed by atoms with E-state index >= 15 is 0 Å². The van der Waals surface area contributed by atoms with E-state index in [-0.39, 0.29) is 0 Å². The zero-order chi connectivity index (χ0) is 14.7. The molecule has 1 saturated heterocycles. The molecule has 0 radical (unpaired) electrons. The number of rotatable bonds is 4. The van der Waals surface area contributed by atoms with E-state index in [9.17, 15) is 13.9 Å². The van der Waals surface area contributed by atoms with Crippen LogP contribution >= 0.6 is 0 Å². The third kappa shape index (κ3) is 3.53. The molecule has 1 aliphatic rings. The van der Waals surface area contributed by atoms with E-state index in [4.69, 9.17) is 5.73 Å². The van der Waals surface area contributed by atoms with Gasteiger partial charge in [0.05, 0.1) is 6.10 Å². The molecule has 1 aromatic rings. The van der Waals surface area contributed by atoms with Crippen molar-refractivity contribution in [1.82, 2.24) is 4.90 Å². The highest BCUT2D eigenvalue weighted by Crippen LogP contribution is 2.24. The predicted molar refractivity (Wildman–Crippen MR) is 74.1 cm³/mol. The summed E-state index contributed by atoms with van der Waals surface area (Å²) in [5.41, 5.74) is 6.12. The van der Waals surface area contributed by atoms with Crippen molar-refractivity contribution in [2.24, 2.45) is 11.7 Å². The lowest BCUT2D eigenvalue weighted by atomic mass is 9.93. The maximum Gasteiger partial charge on any atom is 0.159 e. The summed E-state index contributed by atoms with van der Waals surface area (Å²) in [6.07, 6.45) is 1.34. The van der Waals surface area contributed by atoms with Crippen molar-refractivity contribution in [2.75, 3.05) is 19.6 Å². The average Bonchev–Trinajstić information content (AvgIpc) is 2.44. The van der Waals surface area contributed by atoms with E-state index in [0.717, 1.165) is 31.5 Å². The second kappa shape index (κ2) is 6.61. The lowest BCUT2D eigenvalue weighted by Gasteiger charge is -2.38. The Bertz CT molecular complexity index is 455. The molecule has 3 N–H and O–H groups in total. The minimum absolute atomic E-state index is 0.373. The number of nitrogens with zero attached hydrogens (tertiary/aromatic N) is 1. The Morgan fingerprint density at radius 3 is 2.75 bits per heavy atom. The Balaban J connectivity index is 2.02. The fourth-order valence-corrected chi connectivity index (χ4v) is 2.76. The smallest absolute Gasteiger partial charge is 0.159 e. The van der Waals surface area contributed by atoms with Gasteiger partial charge >= 0.3 is 0 Å². The molecule has 3 nitrogen and oxygen atoms in total. The van der Waals surface area contributed by atoms with Crippen molar-refractivity contribution in [2.45, 2.75) is 31.9 Å². The Hall–Kier alpha value is -1.04. The van der Waals surface area contributed by atoms with Crippen LogP contribution in [0.5, 0.6) is 0 Å². The number of β-amino-alcohol motifs (C(OH)–C–C–N with tert-alkyl or cyclic N) is 1. The summed E-state index contributed by atoms with van der Waals surface area (Å²) >= 11 is 0. The van der Waals surface area contributed by atoms with E-state index in [1.54, 1.807) is 0 Å². The van der Waals surface area contributed by atoms with Gasteiger partial charge in [0.1, 0.15) is 0 Å². The normalized spacial score (nSPS) is 25.6. The van der Waals surface area contributed by atoms with Gasteiger partial charge in [-0.1, -0.05) is 6.07 Å². The fourth-order valence-electron chi connectivity index (χ4n) is 2.76. The zero-order valence-corrected chi connectivity index (χ0v) is 11.7. The Morgan fingerprint density at radius 1 is 1.35 bits per heavy atom. The predicted octanol–water partition coefficient (Wildman–Crippen LogP) is 2.06. The first-order valence-corrected chi connectivity index (χ1v) is 7.08. The molecule has 20 heavy (non-hydrogen) atoms. The van der Waals surface area contributed by atoms with Crippen LogP contribution in [-0.2, 0) is 0 Å². The van der Waals surface area contributed by atoms with Gasteiger partial charge < -0.3 is 10.8 Å². The van der Waals surface area contributed by atoms with E-state index in [1.807, 2.05) is 0 Å². The van der Waals surface area contributed by atoms with E-state index < -0.39 is 17.7 Å². The zero-order valence-electron chi connectivity index (χ0n) is 11.7. The monoisotopic (exact) mass is 284 g/mol. The maximum atomic E-state index is 13.2. The fraction of sp³-hybridized carbons (Fsp3) is 0.600. The number of piperidine rings is 1. The van der Waals surface area contributed by atoms with Crippen LogP contribution in [0.25, 0.3) is 0 Å². The van der Waals surface area contributed by atoms with Crippen molar-refractivity contribution in [1.29, 1.82) is 0 Å². The van der Waals surface area contributed by atoms with Gasteiger partial charge in [-0.05, 0) is 49.9 Å². The number of hydrogen-bond acceptors (Lipinski definition) is 3. The van der Waals surface area contributed by atoms with Gasteiger partial charge in [0, 0.05) is 19.1 Å². The van der Waals surface area contributed by atoms with Gasteiger partial charge in [-0.15, -0.1) is 0 Å². The molecule has 3 atom stereocenters. The molecule has 2 rings (SSSR count). The molecule has 0 aromatic heterocycles. The molecule has 5 heteroatoms. The average molecular weight is 284 g/mol. The molecule has 1 aliphatic heterocycles. The van der Waals surface area contributed by atoms with Crippen molar-refractivity contribution >= 4 is 0 Å². The number of likely N-dealkylation sites (tertiary alicyclic amines) is 1. The Kier molecular flexibility index (Phi) is 5.07. The molecule has 0 saturated carbocycles. The quantitative estimate of drug-likeness (QED) is 0.890. The van der Waals surface area contributed by atoms with Crippen molar-refractivity contribution < 1.29 is 13.9 Å². The summed E-state index contributed by atoms with van der Waals surface area (Å²) in [5.74, 6) is -1.37. The summed E-state index contributed by atoms with van der Waals surface area (Å²) in [6.45, 7) is 4.02. The first kappa shape index (κ1) is 15.4. The van der Waals surface area contributed by atoms with Crippen LogP contribution in [0, 0.1) is 17.6 Å². The summed E-state index contributed by atoms with van der Waals surface area (Å²) in [4.78, 5) is 2.17. The van der Waals surface area contributed by atoms with E-state index in [2.05, 4.69) is 11.8 Å². The van der Waals surface area contributed by atoms with Crippen LogP contribution in [0.4, 0.5) is 8.78 Å². The number of benzene rings is 1. The first-order chi connectivity index (χ1) is 9.51. The molecule has 0 aliphatic carbocycles. The second-order valence-corrected chi connectivity index (χ2v) is 5.67. The van der Waals surface area contributed by atoms with Crippen LogP contribution in [0.3, 0.4) is 0 Å². The van der Waals surface area contributed by atoms with Gasteiger partial charge in [-0.3, -0.25) is 4.90 Å². The lowest BCUT2D eigenvalue weighted by Crippen LogP contribution is -2.45. The first-order valence-electron chi connectivity index (χ1n) is 7.08. The number of hydrogen-bond donors (Lipinski definition) is 2. The highest BCUT2D eigenvalue weighted by Gasteiger charge is 2.26. The van der Waals surface area contributed by atoms with Gasteiger partial charge in [-0.2, -0.15) is 0 Å². The summed E-state index contributed by atoms with van der Waals surface area (Å²) in [7, 11) is 0. The van der Waals surface area contributed by atoms with Crippen molar-refractivity contribution in [3.63, 3.8) is 0 Å². The summed E-state index contributed by atoms with van der Waals surface area (Å²) in [6, 6.07) is 3.92. The standard InChI is InChI=1S/C15H22F2N2O/c1-10-2-3-11(7-18)8-19(10)9-15(20)12-4-5-13(16)14(17)6-12/h4-6,10-11,15,20H,2-3,7-9,18H2,1H3. The van der Waals surface area contributed by atoms with Gasteiger partial charge in [0.15, 0.2) is 11.6 Å². The Labute approximate surface area is 118 Å². The summed E-state index contributed by atoms with van der Waals surface area (Å²) < 4.78 is 26.1. The molecule has 3 unspecified atom stereocenters. The molecule has 0 amide bonds. The van der Waals surface area contributed by atoms with Crippen LogP contribution in [0.15, 0.2) is 18.2 Å². The molecular formula is C15H22F2N2O. The Morgan fingerprint density at radius 2 is 2.10 bits per heavy atom. The van der Waals surface area contributed by atoms with E-state index in [1.165, 1.54) is 6.07 Å². The minimum Gasteiger partial charge on any atom is -0.387 e. The third-order valence-electron chi connectivity index (χ3n) is 4.18. The molecule has 1 heterocycles. The van der Waals surface area contributed by atoms with Crippen LogP contribution in [-0.4, -0.2) is 35.7 Å². The van der Waals surface area contributed by atoms with Crippen molar-refractivity contribution in [3.8, 4) is 0 Å².